The number of aliphatic imine (C=N–C) groups is 1. The van der Waals surface area contributed by atoms with Crippen LogP contribution in [-0.2, 0) is 0 Å². The summed E-state index contributed by atoms with van der Waals surface area (Å²) in [4.78, 5) is 4.15. The molecule has 0 aromatic rings. The van der Waals surface area contributed by atoms with Gasteiger partial charge in [0.2, 0.25) is 0 Å². The third kappa shape index (κ3) is 4.24. The van der Waals surface area contributed by atoms with E-state index in [1.54, 1.807) is 0 Å². The molecule has 0 aromatic heterocycles. The van der Waals surface area contributed by atoms with E-state index in [9.17, 15) is 0 Å². The van der Waals surface area contributed by atoms with Crippen molar-refractivity contribution in [2.24, 2.45) is 22.2 Å². The van der Waals surface area contributed by atoms with Crippen LogP contribution in [0.2, 0.25) is 0 Å². The normalized spacial score (nSPS) is 18.4. The van der Waals surface area contributed by atoms with E-state index < -0.39 is 5.66 Å². The SMILES string of the molecule is Cl.N=C(N)NC1(N=C(N)N)CCCCC1. The fraction of sp³-hybridized carbons (Fsp3) is 0.750. The minimum absolute atomic E-state index is 0. The van der Waals surface area contributed by atoms with Crippen molar-refractivity contribution in [3.8, 4) is 0 Å². The Balaban J connectivity index is 0.00000196. The minimum Gasteiger partial charge on any atom is -0.370 e. The summed E-state index contributed by atoms with van der Waals surface area (Å²) in [5.74, 6) is -0.0439. The Labute approximate surface area is 95.6 Å². The van der Waals surface area contributed by atoms with Gasteiger partial charge in [-0.15, -0.1) is 12.4 Å². The van der Waals surface area contributed by atoms with E-state index in [1.807, 2.05) is 0 Å². The number of halogens is 1. The van der Waals surface area contributed by atoms with Crippen molar-refractivity contribution in [2.75, 3.05) is 0 Å². The standard InChI is InChI=1S/C8H18N6.ClH/c9-6(10)13-8(14-7(11)12)4-2-1-3-5-8;/h1-5H2,(H4,9,10,13)(H4,11,12,14);1H. The molecule has 1 aliphatic rings. The van der Waals surface area contributed by atoms with Gasteiger partial charge in [-0.25, -0.2) is 4.99 Å². The highest BCUT2D eigenvalue weighted by Gasteiger charge is 2.31. The lowest BCUT2D eigenvalue weighted by atomic mass is 9.89. The zero-order valence-electron chi connectivity index (χ0n) is 8.62. The maximum Gasteiger partial charge on any atom is 0.188 e. The highest BCUT2D eigenvalue weighted by atomic mass is 35.5. The van der Waals surface area contributed by atoms with Gasteiger partial charge in [0.1, 0.15) is 5.66 Å². The van der Waals surface area contributed by atoms with Gasteiger partial charge in [0.15, 0.2) is 11.9 Å². The van der Waals surface area contributed by atoms with Crippen LogP contribution in [0.3, 0.4) is 0 Å². The Morgan fingerprint density at radius 2 is 1.67 bits per heavy atom. The fourth-order valence-corrected chi connectivity index (χ4v) is 1.90. The molecule has 88 valence electrons. The second-order valence-corrected chi connectivity index (χ2v) is 3.67. The summed E-state index contributed by atoms with van der Waals surface area (Å²) < 4.78 is 0. The molecule has 8 N–H and O–H groups in total. The van der Waals surface area contributed by atoms with Crippen LogP contribution in [0.5, 0.6) is 0 Å². The molecule has 6 nitrogen and oxygen atoms in total. The largest absolute Gasteiger partial charge is 0.370 e. The number of hydrogen-bond acceptors (Lipinski definition) is 2. The Bertz CT molecular complexity index is 242. The van der Waals surface area contributed by atoms with Crippen molar-refractivity contribution in [2.45, 2.75) is 37.8 Å². The molecule has 0 aromatic carbocycles. The summed E-state index contributed by atoms with van der Waals surface area (Å²) in [6, 6.07) is 0. The molecule has 0 radical (unpaired) electrons. The van der Waals surface area contributed by atoms with Crippen molar-refractivity contribution in [3.63, 3.8) is 0 Å². The van der Waals surface area contributed by atoms with E-state index in [2.05, 4.69) is 10.3 Å². The summed E-state index contributed by atoms with van der Waals surface area (Å²) in [6.07, 6.45) is 4.93. The third-order valence-electron chi connectivity index (χ3n) is 2.39. The van der Waals surface area contributed by atoms with Gasteiger partial charge in [-0.3, -0.25) is 5.41 Å². The number of nitrogens with one attached hydrogen (secondary N) is 2. The number of nitrogens with two attached hydrogens (primary N) is 3. The monoisotopic (exact) mass is 234 g/mol. The summed E-state index contributed by atoms with van der Waals surface area (Å²) in [5, 5.41) is 10.1. The summed E-state index contributed by atoms with van der Waals surface area (Å²) in [6.45, 7) is 0. The first-order chi connectivity index (χ1) is 6.54. The number of nitrogens with zero attached hydrogens (tertiary/aromatic N) is 1. The van der Waals surface area contributed by atoms with E-state index in [1.165, 1.54) is 6.42 Å². The molecule has 1 fully saturated rings. The van der Waals surface area contributed by atoms with Crippen LogP contribution in [0.4, 0.5) is 0 Å². The summed E-state index contributed by atoms with van der Waals surface area (Å²) >= 11 is 0. The van der Waals surface area contributed by atoms with Crippen LogP contribution in [0.25, 0.3) is 0 Å². The van der Waals surface area contributed by atoms with Gasteiger partial charge in [-0.05, 0) is 25.7 Å². The molecule has 1 rings (SSSR count). The van der Waals surface area contributed by atoms with Gasteiger partial charge < -0.3 is 22.5 Å². The first kappa shape index (κ1) is 13.8. The molecule has 0 saturated heterocycles. The van der Waals surface area contributed by atoms with Gasteiger partial charge in [0, 0.05) is 0 Å². The maximum absolute atomic E-state index is 7.22. The summed E-state index contributed by atoms with van der Waals surface area (Å²) in [7, 11) is 0. The smallest absolute Gasteiger partial charge is 0.188 e. The fourth-order valence-electron chi connectivity index (χ4n) is 1.90. The van der Waals surface area contributed by atoms with Gasteiger partial charge >= 0.3 is 0 Å². The molecule has 0 heterocycles. The van der Waals surface area contributed by atoms with Crippen LogP contribution in [0, 0.1) is 5.41 Å². The Hall–Kier alpha value is -1.17. The molecule has 0 bridgehead atoms. The molecular formula is C8H19ClN6. The molecular weight excluding hydrogens is 216 g/mol. The molecule has 0 atom stereocenters. The zero-order chi connectivity index (χ0) is 10.6. The lowest BCUT2D eigenvalue weighted by Gasteiger charge is -2.34. The van der Waals surface area contributed by atoms with E-state index >= 15 is 0 Å². The van der Waals surface area contributed by atoms with E-state index in [0.29, 0.717) is 0 Å². The molecule has 7 heteroatoms. The molecule has 0 amide bonds. The van der Waals surface area contributed by atoms with Crippen LogP contribution < -0.4 is 22.5 Å². The van der Waals surface area contributed by atoms with Crippen LogP contribution in [0.1, 0.15) is 32.1 Å². The van der Waals surface area contributed by atoms with Crippen molar-refractivity contribution < 1.29 is 0 Å². The first-order valence-electron chi connectivity index (χ1n) is 4.77. The van der Waals surface area contributed by atoms with E-state index in [-0.39, 0.29) is 24.3 Å². The molecule has 0 unspecified atom stereocenters. The molecule has 15 heavy (non-hydrogen) atoms. The van der Waals surface area contributed by atoms with E-state index in [4.69, 9.17) is 22.6 Å². The number of rotatable bonds is 2. The predicted octanol–water partition coefficient (Wildman–Crippen LogP) is -0.175. The Kier molecular flexibility index (Phi) is 5.21. The van der Waals surface area contributed by atoms with Crippen molar-refractivity contribution in [1.82, 2.24) is 5.32 Å². The second kappa shape index (κ2) is 5.65. The highest BCUT2D eigenvalue weighted by Crippen LogP contribution is 2.28. The van der Waals surface area contributed by atoms with Gasteiger partial charge in [0.05, 0.1) is 0 Å². The van der Waals surface area contributed by atoms with Crippen molar-refractivity contribution >= 4 is 24.3 Å². The molecule has 0 aliphatic heterocycles. The molecule has 1 saturated carbocycles. The average Bonchev–Trinajstić information content (AvgIpc) is 2.01. The first-order valence-corrected chi connectivity index (χ1v) is 4.77. The average molecular weight is 235 g/mol. The summed E-state index contributed by atoms with van der Waals surface area (Å²) in [5.41, 5.74) is 15.5. The van der Waals surface area contributed by atoms with Crippen molar-refractivity contribution in [3.05, 3.63) is 0 Å². The lowest BCUT2D eigenvalue weighted by Crippen LogP contribution is -2.52. The van der Waals surface area contributed by atoms with Crippen LogP contribution in [-0.4, -0.2) is 17.6 Å². The molecule has 1 aliphatic carbocycles. The number of guanidine groups is 2. The van der Waals surface area contributed by atoms with Crippen molar-refractivity contribution in [1.29, 1.82) is 5.41 Å². The molecule has 0 spiro atoms. The highest BCUT2D eigenvalue weighted by molar-refractivity contribution is 5.85. The van der Waals surface area contributed by atoms with E-state index in [0.717, 1.165) is 25.7 Å². The Morgan fingerprint density at radius 3 is 2.07 bits per heavy atom. The predicted molar refractivity (Wildman–Crippen MR) is 63.9 cm³/mol. The van der Waals surface area contributed by atoms with Gasteiger partial charge in [-0.1, -0.05) is 6.42 Å². The van der Waals surface area contributed by atoms with Crippen LogP contribution in [0.15, 0.2) is 4.99 Å². The second-order valence-electron chi connectivity index (χ2n) is 3.67. The zero-order valence-corrected chi connectivity index (χ0v) is 9.44. The Morgan fingerprint density at radius 1 is 1.13 bits per heavy atom. The maximum atomic E-state index is 7.22. The third-order valence-corrected chi connectivity index (χ3v) is 2.39. The topological polar surface area (TPSA) is 126 Å². The minimum atomic E-state index is -0.539. The van der Waals surface area contributed by atoms with Gasteiger partial charge in [0.25, 0.3) is 0 Å². The van der Waals surface area contributed by atoms with Gasteiger partial charge in [-0.2, -0.15) is 0 Å². The lowest BCUT2D eigenvalue weighted by molar-refractivity contribution is 0.275. The van der Waals surface area contributed by atoms with Crippen LogP contribution >= 0.6 is 12.4 Å². The quantitative estimate of drug-likeness (QED) is 0.336. The number of hydrogen-bond donors (Lipinski definition) is 5.